The molecule has 0 N–H and O–H groups in total. The molecule has 0 heterocycles. The minimum Gasteiger partial charge on any atom is -0.258 e. The first kappa shape index (κ1) is 18.8. The zero-order valence-electron chi connectivity index (χ0n) is 13.5. The van der Waals surface area contributed by atoms with Gasteiger partial charge in [-0.05, 0) is 18.6 Å². The van der Waals surface area contributed by atoms with Gasteiger partial charge in [-0.1, -0.05) is 58.3 Å². The highest BCUT2D eigenvalue weighted by Gasteiger charge is 2.08. The van der Waals surface area contributed by atoms with Crippen LogP contribution in [0.2, 0.25) is 0 Å². The molecule has 124 valence electrons. The largest absolute Gasteiger partial charge is 0.269 e. The van der Waals surface area contributed by atoms with E-state index in [1.54, 1.807) is 12.1 Å². The van der Waals surface area contributed by atoms with Gasteiger partial charge in [-0.25, -0.2) is 0 Å². The number of nitro groups is 1. The Hall–Kier alpha value is -1.23. The van der Waals surface area contributed by atoms with E-state index in [1.807, 2.05) is 0 Å². The lowest BCUT2D eigenvalue weighted by molar-refractivity contribution is -0.384. The molecule has 0 aliphatic heterocycles. The van der Waals surface area contributed by atoms with Gasteiger partial charge < -0.3 is 0 Å². The Labute approximate surface area is 135 Å². The lowest BCUT2D eigenvalue weighted by Gasteiger charge is -2.03. The molecule has 5 heteroatoms. The van der Waals surface area contributed by atoms with E-state index in [4.69, 9.17) is 0 Å². The lowest BCUT2D eigenvalue weighted by atomic mass is 10.1. The summed E-state index contributed by atoms with van der Waals surface area (Å²) in [5, 5.41) is 10.6. The summed E-state index contributed by atoms with van der Waals surface area (Å²) in [6.45, 7) is 2.23. The van der Waals surface area contributed by atoms with Gasteiger partial charge >= 0.3 is 0 Å². The molecule has 1 unspecified atom stereocenters. The number of non-ortho nitro benzene ring substituents is 1. The van der Waals surface area contributed by atoms with E-state index in [1.165, 1.54) is 57.1 Å². The summed E-state index contributed by atoms with van der Waals surface area (Å²) >= 11 is 0. The Kier molecular flexibility index (Phi) is 9.71. The van der Waals surface area contributed by atoms with Crippen LogP contribution in [0.25, 0.3) is 0 Å². The van der Waals surface area contributed by atoms with Gasteiger partial charge in [-0.3, -0.25) is 14.3 Å². The second-order valence-electron chi connectivity index (χ2n) is 5.63. The highest BCUT2D eigenvalue weighted by molar-refractivity contribution is 7.85. The van der Waals surface area contributed by atoms with Gasteiger partial charge in [-0.2, -0.15) is 0 Å². The first-order chi connectivity index (χ1) is 10.6. The Morgan fingerprint density at radius 1 is 0.909 bits per heavy atom. The normalized spacial score (nSPS) is 12.2. The summed E-state index contributed by atoms with van der Waals surface area (Å²) in [6, 6.07) is 6.04. The van der Waals surface area contributed by atoms with E-state index in [2.05, 4.69) is 6.92 Å². The molecule has 0 amide bonds. The van der Waals surface area contributed by atoms with Gasteiger partial charge in [-0.15, -0.1) is 0 Å². The summed E-state index contributed by atoms with van der Waals surface area (Å²) < 4.78 is 12.1. The number of hydrogen-bond donors (Lipinski definition) is 0. The summed E-state index contributed by atoms with van der Waals surface area (Å²) in [6.07, 6.45) is 11.2. The minimum absolute atomic E-state index is 0.0452. The van der Waals surface area contributed by atoms with Crippen molar-refractivity contribution in [1.29, 1.82) is 0 Å². The third kappa shape index (κ3) is 7.69. The Bertz CT molecular complexity index is 459. The van der Waals surface area contributed by atoms with E-state index in [-0.39, 0.29) is 5.69 Å². The molecule has 0 aromatic heterocycles. The monoisotopic (exact) mass is 325 g/mol. The quantitative estimate of drug-likeness (QED) is 0.300. The van der Waals surface area contributed by atoms with Crippen molar-refractivity contribution in [2.75, 3.05) is 5.75 Å². The smallest absolute Gasteiger partial charge is 0.258 e. The van der Waals surface area contributed by atoms with E-state index >= 15 is 0 Å². The predicted octanol–water partition coefficient (Wildman–Crippen LogP) is 5.23. The fourth-order valence-corrected chi connectivity index (χ4v) is 3.52. The molecule has 0 spiro atoms. The highest BCUT2D eigenvalue weighted by Crippen LogP contribution is 2.16. The molecule has 1 atom stereocenters. The third-order valence-electron chi connectivity index (χ3n) is 3.74. The molecule has 1 aromatic carbocycles. The Balaban J connectivity index is 2.12. The molecule has 0 aliphatic carbocycles. The standard InChI is InChI=1S/C17H27NO3S/c1-2-3-4-5-6-7-8-9-10-15-22(21)17-13-11-16(12-14-17)18(19)20/h11-14H,2-10,15H2,1H3. The van der Waals surface area contributed by atoms with Gasteiger partial charge in [0.15, 0.2) is 0 Å². The molecule has 4 nitrogen and oxygen atoms in total. The first-order valence-corrected chi connectivity index (χ1v) is 9.60. The molecule has 0 bridgehead atoms. The average Bonchev–Trinajstić information content (AvgIpc) is 2.53. The summed E-state index contributed by atoms with van der Waals surface area (Å²) in [5.41, 5.74) is 0.0452. The molecule has 1 aromatic rings. The van der Waals surface area contributed by atoms with Crippen molar-refractivity contribution in [1.82, 2.24) is 0 Å². The van der Waals surface area contributed by atoms with E-state index in [9.17, 15) is 14.3 Å². The number of rotatable bonds is 12. The van der Waals surface area contributed by atoms with Crippen molar-refractivity contribution in [2.45, 2.75) is 69.6 Å². The van der Waals surface area contributed by atoms with Crippen LogP contribution in [0, 0.1) is 10.1 Å². The van der Waals surface area contributed by atoms with Crippen LogP contribution in [-0.2, 0) is 10.8 Å². The molecule has 0 saturated heterocycles. The number of benzene rings is 1. The topological polar surface area (TPSA) is 60.2 Å². The Morgan fingerprint density at radius 3 is 1.91 bits per heavy atom. The molecule has 0 fully saturated rings. The van der Waals surface area contributed by atoms with Crippen molar-refractivity contribution >= 4 is 16.5 Å². The van der Waals surface area contributed by atoms with Crippen LogP contribution in [0.5, 0.6) is 0 Å². The van der Waals surface area contributed by atoms with Crippen molar-refractivity contribution < 1.29 is 9.13 Å². The number of unbranched alkanes of at least 4 members (excludes halogenated alkanes) is 8. The maximum Gasteiger partial charge on any atom is 0.269 e. The van der Waals surface area contributed by atoms with Gasteiger partial charge in [0, 0.05) is 22.8 Å². The van der Waals surface area contributed by atoms with Crippen LogP contribution in [-0.4, -0.2) is 14.9 Å². The van der Waals surface area contributed by atoms with Crippen molar-refractivity contribution in [3.05, 3.63) is 34.4 Å². The molecule has 22 heavy (non-hydrogen) atoms. The summed E-state index contributed by atoms with van der Waals surface area (Å²) in [4.78, 5) is 10.8. The zero-order valence-corrected chi connectivity index (χ0v) is 14.3. The maximum absolute atomic E-state index is 12.1. The van der Waals surface area contributed by atoms with Gasteiger partial charge in [0.1, 0.15) is 0 Å². The van der Waals surface area contributed by atoms with Crippen LogP contribution < -0.4 is 0 Å². The Morgan fingerprint density at radius 2 is 1.41 bits per heavy atom. The molecular weight excluding hydrogens is 298 g/mol. The summed E-state index contributed by atoms with van der Waals surface area (Å²) in [7, 11) is -1.04. The predicted molar refractivity (Wildman–Crippen MR) is 91.6 cm³/mol. The van der Waals surface area contributed by atoms with Crippen LogP contribution in [0.1, 0.15) is 64.7 Å². The second-order valence-corrected chi connectivity index (χ2v) is 7.20. The van der Waals surface area contributed by atoms with Crippen molar-refractivity contribution in [2.24, 2.45) is 0 Å². The molecule has 0 radical (unpaired) electrons. The molecule has 0 aliphatic rings. The molecular formula is C17H27NO3S. The second kappa shape index (κ2) is 11.4. The maximum atomic E-state index is 12.1. The SMILES string of the molecule is CCCCCCCCCCCS(=O)c1ccc([N+](=O)[O-])cc1. The van der Waals surface area contributed by atoms with Gasteiger partial charge in [0.25, 0.3) is 5.69 Å². The third-order valence-corrected chi connectivity index (χ3v) is 5.20. The minimum atomic E-state index is -1.04. The number of nitro benzene ring substituents is 1. The summed E-state index contributed by atoms with van der Waals surface area (Å²) in [5.74, 6) is 0.646. The fourth-order valence-electron chi connectivity index (χ4n) is 2.38. The lowest BCUT2D eigenvalue weighted by Crippen LogP contribution is -1.98. The van der Waals surface area contributed by atoms with Crippen LogP contribution >= 0.6 is 0 Å². The van der Waals surface area contributed by atoms with E-state index < -0.39 is 15.7 Å². The van der Waals surface area contributed by atoms with Crippen molar-refractivity contribution in [3.8, 4) is 0 Å². The van der Waals surface area contributed by atoms with Crippen LogP contribution in [0.4, 0.5) is 5.69 Å². The molecule has 1 rings (SSSR count). The first-order valence-electron chi connectivity index (χ1n) is 8.28. The van der Waals surface area contributed by atoms with Gasteiger partial charge in [0.2, 0.25) is 0 Å². The highest BCUT2D eigenvalue weighted by atomic mass is 32.2. The van der Waals surface area contributed by atoms with E-state index in [0.717, 1.165) is 12.8 Å². The fraction of sp³-hybridized carbons (Fsp3) is 0.647. The van der Waals surface area contributed by atoms with Crippen LogP contribution in [0.15, 0.2) is 29.2 Å². The molecule has 0 saturated carbocycles. The van der Waals surface area contributed by atoms with E-state index in [0.29, 0.717) is 10.6 Å². The van der Waals surface area contributed by atoms with Crippen molar-refractivity contribution in [3.63, 3.8) is 0 Å². The van der Waals surface area contributed by atoms with Crippen LogP contribution in [0.3, 0.4) is 0 Å². The average molecular weight is 325 g/mol. The van der Waals surface area contributed by atoms with Gasteiger partial charge in [0.05, 0.1) is 15.7 Å². The number of hydrogen-bond acceptors (Lipinski definition) is 3. The number of nitrogens with zero attached hydrogens (tertiary/aromatic N) is 1. The zero-order chi connectivity index (χ0) is 16.2.